The van der Waals surface area contributed by atoms with E-state index in [9.17, 15) is 0 Å². The molecule has 0 aliphatic carbocycles. The summed E-state index contributed by atoms with van der Waals surface area (Å²) in [5.41, 5.74) is 2.36. The number of hydrogen-bond acceptors (Lipinski definition) is 4. The van der Waals surface area contributed by atoms with Crippen LogP contribution in [0.15, 0.2) is 59.8 Å². The lowest BCUT2D eigenvalue weighted by Gasteiger charge is -2.23. The molecule has 0 unspecified atom stereocenters. The molecular weight excluding hydrogens is 388 g/mol. The van der Waals surface area contributed by atoms with Gasteiger partial charge in [-0.1, -0.05) is 78.8 Å². The topological polar surface area (TPSA) is 34.0 Å². The summed E-state index contributed by atoms with van der Waals surface area (Å²) in [5, 5.41) is 11.0. The van der Waals surface area contributed by atoms with Crippen molar-refractivity contribution in [1.82, 2.24) is 19.7 Å². The smallest absolute Gasteiger partial charge is 0.192 e. The number of rotatable bonds is 8. The van der Waals surface area contributed by atoms with Crippen molar-refractivity contribution < 1.29 is 0 Å². The van der Waals surface area contributed by atoms with E-state index in [1.54, 1.807) is 11.8 Å². The van der Waals surface area contributed by atoms with Crippen LogP contribution in [-0.4, -0.2) is 33.8 Å². The minimum atomic E-state index is 0.180. The first kappa shape index (κ1) is 20.9. The Kier molecular flexibility index (Phi) is 7.16. The van der Waals surface area contributed by atoms with Crippen LogP contribution in [0.25, 0.3) is 0 Å². The van der Waals surface area contributed by atoms with Crippen molar-refractivity contribution in [2.75, 3.05) is 14.1 Å². The molecule has 1 heterocycles. The summed E-state index contributed by atoms with van der Waals surface area (Å²) in [6.45, 7) is 5.10. The molecule has 6 heteroatoms. The van der Waals surface area contributed by atoms with E-state index in [-0.39, 0.29) is 11.3 Å². The first-order chi connectivity index (χ1) is 13.5. The van der Waals surface area contributed by atoms with Crippen LogP contribution in [0, 0.1) is 0 Å². The van der Waals surface area contributed by atoms with E-state index in [0.717, 1.165) is 34.5 Å². The van der Waals surface area contributed by atoms with E-state index < -0.39 is 0 Å². The lowest BCUT2D eigenvalue weighted by molar-refractivity contribution is 0.272. The van der Waals surface area contributed by atoms with E-state index in [1.807, 2.05) is 24.3 Å². The van der Waals surface area contributed by atoms with Crippen molar-refractivity contribution in [2.24, 2.45) is 0 Å². The second-order valence-electron chi connectivity index (χ2n) is 7.08. The van der Waals surface area contributed by atoms with Crippen molar-refractivity contribution in [3.05, 3.63) is 76.6 Å². The number of thioether (sulfide) groups is 1. The summed E-state index contributed by atoms with van der Waals surface area (Å²) in [5.74, 6) is 1.00. The number of halogens is 1. The van der Waals surface area contributed by atoms with Crippen molar-refractivity contribution in [3.63, 3.8) is 0 Å². The summed E-state index contributed by atoms with van der Waals surface area (Å²) in [7, 11) is 4.18. The van der Waals surface area contributed by atoms with Gasteiger partial charge in [-0.3, -0.25) is 4.90 Å². The van der Waals surface area contributed by atoms with Gasteiger partial charge in [0.1, 0.15) is 0 Å². The van der Waals surface area contributed by atoms with E-state index >= 15 is 0 Å². The highest BCUT2D eigenvalue weighted by Crippen LogP contribution is 2.38. The van der Waals surface area contributed by atoms with Gasteiger partial charge < -0.3 is 4.57 Å². The highest BCUT2D eigenvalue weighted by molar-refractivity contribution is 7.99. The van der Waals surface area contributed by atoms with Crippen LogP contribution in [0.1, 0.15) is 48.5 Å². The van der Waals surface area contributed by atoms with Crippen LogP contribution in [0.2, 0.25) is 5.02 Å². The number of aromatic nitrogens is 3. The van der Waals surface area contributed by atoms with Gasteiger partial charge in [0, 0.05) is 10.3 Å². The van der Waals surface area contributed by atoms with Gasteiger partial charge >= 0.3 is 0 Å². The number of nitrogens with zero attached hydrogens (tertiary/aromatic N) is 4. The molecule has 0 saturated carbocycles. The average molecular weight is 415 g/mol. The predicted molar refractivity (Wildman–Crippen MR) is 118 cm³/mol. The Morgan fingerprint density at radius 2 is 1.71 bits per heavy atom. The van der Waals surface area contributed by atoms with E-state index in [0.29, 0.717) is 0 Å². The fourth-order valence-corrected chi connectivity index (χ4v) is 4.74. The van der Waals surface area contributed by atoms with E-state index in [2.05, 4.69) is 77.9 Å². The van der Waals surface area contributed by atoms with Crippen LogP contribution in [-0.2, 0) is 6.54 Å². The Morgan fingerprint density at radius 3 is 2.36 bits per heavy atom. The van der Waals surface area contributed by atoms with Gasteiger partial charge in [0.2, 0.25) is 0 Å². The molecule has 0 N–H and O–H groups in total. The standard InChI is InChI=1S/C22H27ClN4S/c1-5-20(26(3)4)21-24-25-22(27(21)15-17-11-7-6-8-12-17)28-16(2)18-13-9-10-14-19(18)23/h6-14,16,20H,5,15H2,1-4H3/t16-,20-/m1/s1. The number of hydrogen-bond donors (Lipinski definition) is 0. The summed E-state index contributed by atoms with van der Waals surface area (Å²) >= 11 is 8.12. The third-order valence-electron chi connectivity index (χ3n) is 4.86. The average Bonchev–Trinajstić information content (AvgIpc) is 3.05. The monoisotopic (exact) mass is 414 g/mol. The first-order valence-corrected chi connectivity index (χ1v) is 10.8. The zero-order valence-electron chi connectivity index (χ0n) is 16.8. The van der Waals surface area contributed by atoms with Crippen molar-refractivity contribution in [3.8, 4) is 0 Å². The Balaban J connectivity index is 1.96. The minimum Gasteiger partial charge on any atom is -0.300 e. The van der Waals surface area contributed by atoms with E-state index in [4.69, 9.17) is 11.6 Å². The Hall–Kier alpha value is -1.82. The molecule has 0 radical (unpaired) electrons. The van der Waals surface area contributed by atoms with Gasteiger partial charge in [-0.25, -0.2) is 0 Å². The molecule has 0 fully saturated rings. The Morgan fingerprint density at radius 1 is 1.04 bits per heavy atom. The molecule has 0 bridgehead atoms. The molecular formula is C22H27ClN4S. The van der Waals surface area contributed by atoms with Crippen LogP contribution in [0.3, 0.4) is 0 Å². The van der Waals surface area contributed by atoms with Gasteiger partial charge in [0.25, 0.3) is 0 Å². The lowest BCUT2D eigenvalue weighted by atomic mass is 10.2. The molecule has 28 heavy (non-hydrogen) atoms. The fourth-order valence-electron chi connectivity index (χ4n) is 3.35. The molecule has 3 rings (SSSR count). The molecule has 0 spiro atoms. The fraction of sp³-hybridized carbons (Fsp3) is 0.364. The quantitative estimate of drug-likeness (QED) is 0.433. The summed E-state index contributed by atoms with van der Waals surface area (Å²) in [6.07, 6.45) is 0.977. The molecule has 3 aromatic rings. The molecule has 0 aliphatic rings. The first-order valence-electron chi connectivity index (χ1n) is 9.55. The lowest BCUT2D eigenvalue weighted by Crippen LogP contribution is -2.23. The minimum absolute atomic E-state index is 0.180. The maximum absolute atomic E-state index is 6.41. The second kappa shape index (κ2) is 9.59. The highest BCUT2D eigenvalue weighted by Gasteiger charge is 2.24. The molecule has 4 nitrogen and oxygen atoms in total. The zero-order chi connectivity index (χ0) is 20.1. The zero-order valence-corrected chi connectivity index (χ0v) is 18.4. The van der Waals surface area contributed by atoms with E-state index in [1.165, 1.54) is 5.56 Å². The van der Waals surface area contributed by atoms with Crippen LogP contribution >= 0.6 is 23.4 Å². The molecule has 0 saturated heterocycles. The number of benzene rings is 2. The Labute approximate surface area is 176 Å². The SMILES string of the molecule is CC[C@H](c1nnc(S[C@H](C)c2ccccc2Cl)n1Cc1ccccc1)N(C)C. The predicted octanol–water partition coefficient (Wildman–Crippen LogP) is 5.85. The van der Waals surface area contributed by atoms with Gasteiger partial charge in [0.05, 0.1) is 12.6 Å². The van der Waals surface area contributed by atoms with Gasteiger partial charge in [-0.05, 0) is 44.6 Å². The van der Waals surface area contributed by atoms with Crippen LogP contribution in [0.5, 0.6) is 0 Å². The Bertz CT molecular complexity index is 895. The van der Waals surface area contributed by atoms with Crippen molar-refractivity contribution in [1.29, 1.82) is 0 Å². The van der Waals surface area contributed by atoms with Gasteiger partial charge in [-0.15, -0.1) is 10.2 Å². The maximum Gasteiger partial charge on any atom is 0.192 e. The molecule has 2 aromatic carbocycles. The summed E-state index contributed by atoms with van der Waals surface area (Å²) in [6, 6.07) is 18.7. The maximum atomic E-state index is 6.41. The van der Waals surface area contributed by atoms with Gasteiger partial charge in [0.15, 0.2) is 11.0 Å². The van der Waals surface area contributed by atoms with Crippen LogP contribution in [0.4, 0.5) is 0 Å². The second-order valence-corrected chi connectivity index (χ2v) is 8.80. The molecule has 0 aliphatic heterocycles. The van der Waals surface area contributed by atoms with Crippen molar-refractivity contribution in [2.45, 2.75) is 43.3 Å². The molecule has 1 aromatic heterocycles. The van der Waals surface area contributed by atoms with Crippen molar-refractivity contribution >= 4 is 23.4 Å². The largest absolute Gasteiger partial charge is 0.300 e. The van der Waals surface area contributed by atoms with Gasteiger partial charge in [-0.2, -0.15) is 0 Å². The molecule has 2 atom stereocenters. The third kappa shape index (κ3) is 4.77. The normalized spacial score (nSPS) is 13.6. The molecule has 0 amide bonds. The highest BCUT2D eigenvalue weighted by atomic mass is 35.5. The molecule has 148 valence electrons. The summed E-state index contributed by atoms with van der Waals surface area (Å²) < 4.78 is 2.25. The third-order valence-corrected chi connectivity index (χ3v) is 6.33. The summed E-state index contributed by atoms with van der Waals surface area (Å²) in [4.78, 5) is 2.21. The van der Waals surface area contributed by atoms with Crippen LogP contribution < -0.4 is 0 Å².